The summed E-state index contributed by atoms with van der Waals surface area (Å²) in [4.78, 5) is 27.6. The SMILES string of the molecule is COCCc1cc(N2CCN(CC[C@H]3CC[C@H](NC(=O)[C@H]4CC[C@H](O)CC4)CC3)C[C@H]2C)nc(C(C)(C)C)n1. The van der Waals surface area contributed by atoms with Crippen LogP contribution in [0, 0.1) is 11.8 Å². The fourth-order valence-corrected chi connectivity index (χ4v) is 6.49. The number of rotatable bonds is 9. The van der Waals surface area contributed by atoms with Gasteiger partial charge in [0.2, 0.25) is 5.91 Å². The maximum Gasteiger partial charge on any atom is 0.223 e. The Morgan fingerprint density at radius 2 is 1.79 bits per heavy atom. The molecule has 0 aromatic carbocycles. The zero-order valence-electron chi connectivity index (χ0n) is 25.1. The number of carbonyl (C=O) groups is 1. The third-order valence-electron chi connectivity index (χ3n) is 9.12. The number of nitrogens with one attached hydrogen (secondary N) is 1. The molecule has 0 spiro atoms. The summed E-state index contributed by atoms with van der Waals surface area (Å²) in [6.45, 7) is 13.8. The van der Waals surface area contributed by atoms with E-state index in [1.54, 1.807) is 7.11 Å². The van der Waals surface area contributed by atoms with Gasteiger partial charge in [0, 0.05) is 68.3 Å². The predicted molar refractivity (Wildman–Crippen MR) is 156 cm³/mol. The highest BCUT2D eigenvalue weighted by Crippen LogP contribution is 2.30. The Hall–Kier alpha value is -1.77. The van der Waals surface area contributed by atoms with E-state index in [-0.39, 0.29) is 23.3 Å². The Kier molecular flexibility index (Phi) is 10.6. The molecule has 2 N–H and O–H groups in total. The molecule has 3 aliphatic rings. The summed E-state index contributed by atoms with van der Waals surface area (Å²) in [6.07, 6.45) is 9.68. The van der Waals surface area contributed by atoms with Crippen LogP contribution in [0.5, 0.6) is 0 Å². The minimum atomic E-state index is -0.206. The zero-order chi connectivity index (χ0) is 28.0. The maximum atomic E-state index is 12.7. The summed E-state index contributed by atoms with van der Waals surface area (Å²) >= 11 is 0. The summed E-state index contributed by atoms with van der Waals surface area (Å²) in [5, 5.41) is 13.0. The molecule has 220 valence electrons. The van der Waals surface area contributed by atoms with Crippen LogP contribution in [0.25, 0.3) is 0 Å². The van der Waals surface area contributed by atoms with Crippen molar-refractivity contribution in [2.45, 2.75) is 116 Å². The van der Waals surface area contributed by atoms with Gasteiger partial charge in [-0.1, -0.05) is 20.8 Å². The molecule has 3 fully saturated rings. The van der Waals surface area contributed by atoms with E-state index in [9.17, 15) is 9.90 Å². The van der Waals surface area contributed by atoms with Gasteiger partial charge in [-0.05, 0) is 77.2 Å². The summed E-state index contributed by atoms with van der Waals surface area (Å²) in [7, 11) is 1.74. The van der Waals surface area contributed by atoms with E-state index in [0.717, 1.165) is 94.4 Å². The summed E-state index contributed by atoms with van der Waals surface area (Å²) in [5.41, 5.74) is 0.968. The fourth-order valence-electron chi connectivity index (χ4n) is 6.49. The lowest BCUT2D eigenvalue weighted by atomic mass is 9.83. The van der Waals surface area contributed by atoms with E-state index in [0.29, 0.717) is 18.7 Å². The molecule has 8 nitrogen and oxygen atoms in total. The lowest BCUT2D eigenvalue weighted by Crippen LogP contribution is -2.52. The monoisotopic (exact) mass is 543 g/mol. The zero-order valence-corrected chi connectivity index (χ0v) is 25.1. The number of aromatic nitrogens is 2. The lowest BCUT2D eigenvalue weighted by molar-refractivity contribution is -0.127. The topological polar surface area (TPSA) is 90.8 Å². The molecule has 1 aromatic heterocycles. The van der Waals surface area contributed by atoms with Crippen molar-refractivity contribution in [1.29, 1.82) is 0 Å². The molecule has 8 heteroatoms. The first-order valence-electron chi connectivity index (χ1n) is 15.5. The summed E-state index contributed by atoms with van der Waals surface area (Å²) in [5.74, 6) is 3.05. The molecule has 0 bridgehead atoms. The molecular weight excluding hydrogens is 490 g/mol. The Balaban J connectivity index is 1.21. The number of piperazine rings is 1. The maximum absolute atomic E-state index is 12.7. The van der Waals surface area contributed by atoms with E-state index in [4.69, 9.17) is 14.7 Å². The van der Waals surface area contributed by atoms with Crippen LogP contribution in [0.15, 0.2) is 6.07 Å². The number of nitrogens with zero attached hydrogens (tertiary/aromatic N) is 4. The Morgan fingerprint density at radius 3 is 2.44 bits per heavy atom. The van der Waals surface area contributed by atoms with Gasteiger partial charge in [0.05, 0.1) is 12.7 Å². The molecule has 1 saturated heterocycles. The van der Waals surface area contributed by atoms with E-state index in [1.165, 1.54) is 19.3 Å². The quantitative estimate of drug-likeness (QED) is 0.485. The van der Waals surface area contributed by atoms with Gasteiger partial charge in [-0.2, -0.15) is 0 Å². The molecule has 39 heavy (non-hydrogen) atoms. The summed E-state index contributed by atoms with van der Waals surface area (Å²) in [6, 6.07) is 2.90. The van der Waals surface area contributed by atoms with E-state index >= 15 is 0 Å². The Labute approximate surface area is 236 Å². The smallest absolute Gasteiger partial charge is 0.223 e. The van der Waals surface area contributed by atoms with Crippen molar-refractivity contribution in [3.8, 4) is 0 Å². The minimum Gasteiger partial charge on any atom is -0.393 e. The minimum absolute atomic E-state index is 0.0931. The second kappa shape index (κ2) is 13.7. The van der Waals surface area contributed by atoms with E-state index in [2.05, 4.69) is 48.9 Å². The Bertz CT molecular complexity index is 919. The number of carbonyl (C=O) groups excluding carboxylic acids is 1. The average Bonchev–Trinajstić information content (AvgIpc) is 2.91. The average molecular weight is 544 g/mol. The highest BCUT2D eigenvalue weighted by Gasteiger charge is 2.30. The summed E-state index contributed by atoms with van der Waals surface area (Å²) < 4.78 is 5.31. The number of amides is 1. The van der Waals surface area contributed by atoms with Gasteiger partial charge in [-0.25, -0.2) is 9.97 Å². The van der Waals surface area contributed by atoms with Gasteiger partial charge in [0.25, 0.3) is 0 Å². The van der Waals surface area contributed by atoms with Gasteiger partial charge in [-0.3, -0.25) is 9.69 Å². The number of hydrogen-bond acceptors (Lipinski definition) is 7. The molecule has 1 atom stereocenters. The van der Waals surface area contributed by atoms with Crippen molar-refractivity contribution in [2.75, 3.05) is 44.8 Å². The number of anilines is 1. The standard InChI is InChI=1S/C31H53N5O3/c1-22-21-35(17-18-36(22)28-20-26(15-19-39-5)33-30(34-28)31(2,3)4)16-14-23-6-10-25(11-7-23)32-29(38)24-8-12-27(37)13-9-24/h20,22-25,27,37H,6-19,21H2,1-5H3,(H,32,38)/t22-,23-,24-,25-,27-/m1/s1. The van der Waals surface area contributed by atoms with Crippen LogP contribution in [0.4, 0.5) is 5.82 Å². The molecule has 0 radical (unpaired) electrons. The molecule has 4 rings (SSSR count). The van der Waals surface area contributed by atoms with Crippen LogP contribution in [-0.2, 0) is 21.4 Å². The number of hydrogen-bond donors (Lipinski definition) is 2. The van der Waals surface area contributed by atoms with Crippen LogP contribution in [0.1, 0.15) is 97.0 Å². The highest BCUT2D eigenvalue weighted by molar-refractivity contribution is 5.79. The highest BCUT2D eigenvalue weighted by atomic mass is 16.5. The first-order chi connectivity index (χ1) is 18.6. The van der Waals surface area contributed by atoms with Gasteiger partial charge < -0.3 is 20.1 Å². The molecule has 0 unspecified atom stereocenters. The molecule has 2 saturated carbocycles. The van der Waals surface area contributed by atoms with Crippen molar-refractivity contribution >= 4 is 11.7 Å². The van der Waals surface area contributed by atoms with Crippen LogP contribution in [0.2, 0.25) is 0 Å². The van der Waals surface area contributed by atoms with Crippen LogP contribution >= 0.6 is 0 Å². The van der Waals surface area contributed by atoms with Crippen molar-refractivity contribution in [3.05, 3.63) is 17.6 Å². The third-order valence-corrected chi connectivity index (χ3v) is 9.12. The van der Waals surface area contributed by atoms with Gasteiger partial charge in [-0.15, -0.1) is 0 Å². The molecule has 2 heterocycles. The number of ether oxygens (including phenoxy) is 1. The molecule has 1 amide bonds. The van der Waals surface area contributed by atoms with Crippen molar-refractivity contribution in [3.63, 3.8) is 0 Å². The van der Waals surface area contributed by atoms with Crippen LogP contribution in [0.3, 0.4) is 0 Å². The second-order valence-corrected chi connectivity index (χ2v) is 13.4. The number of aliphatic hydroxyl groups is 1. The van der Waals surface area contributed by atoms with E-state index < -0.39 is 0 Å². The molecule has 1 aromatic rings. The molecular formula is C31H53N5O3. The second-order valence-electron chi connectivity index (χ2n) is 13.4. The van der Waals surface area contributed by atoms with Gasteiger partial charge >= 0.3 is 0 Å². The lowest BCUT2D eigenvalue weighted by Gasteiger charge is -2.41. The number of methoxy groups -OCH3 is 1. The van der Waals surface area contributed by atoms with Crippen molar-refractivity contribution < 1.29 is 14.6 Å². The number of aliphatic hydroxyl groups excluding tert-OH is 1. The first kappa shape index (κ1) is 30.2. The molecule has 1 aliphatic heterocycles. The van der Waals surface area contributed by atoms with Gasteiger partial charge in [0.1, 0.15) is 11.6 Å². The van der Waals surface area contributed by atoms with Crippen LogP contribution in [-0.4, -0.2) is 84.0 Å². The van der Waals surface area contributed by atoms with Crippen molar-refractivity contribution in [2.24, 2.45) is 11.8 Å². The third kappa shape index (κ3) is 8.61. The fraction of sp³-hybridized carbons (Fsp3) is 0.839. The normalized spacial score (nSPS) is 28.9. The largest absolute Gasteiger partial charge is 0.393 e. The van der Waals surface area contributed by atoms with Gasteiger partial charge in [0.15, 0.2) is 0 Å². The van der Waals surface area contributed by atoms with E-state index in [1.807, 2.05) is 0 Å². The predicted octanol–water partition coefficient (Wildman–Crippen LogP) is 4.09. The van der Waals surface area contributed by atoms with Crippen molar-refractivity contribution in [1.82, 2.24) is 20.2 Å². The molecule has 2 aliphatic carbocycles. The Morgan fingerprint density at radius 1 is 1.08 bits per heavy atom. The first-order valence-corrected chi connectivity index (χ1v) is 15.5. The van der Waals surface area contributed by atoms with Crippen LogP contribution < -0.4 is 10.2 Å².